The van der Waals surface area contributed by atoms with Crippen LogP contribution in [0.4, 0.5) is 17.1 Å². The van der Waals surface area contributed by atoms with Gasteiger partial charge in [0.15, 0.2) is 0 Å². The highest BCUT2D eigenvalue weighted by Gasteiger charge is 2.35. The summed E-state index contributed by atoms with van der Waals surface area (Å²) < 4.78 is 12.5. The maximum atomic E-state index is 6.23. The lowest BCUT2D eigenvalue weighted by atomic mass is 9.82. The van der Waals surface area contributed by atoms with Gasteiger partial charge in [-0.3, -0.25) is 0 Å². The molecule has 2 heterocycles. The fourth-order valence-electron chi connectivity index (χ4n) is 8.58. The van der Waals surface area contributed by atoms with Crippen LogP contribution in [0, 0.1) is 0 Å². The second-order valence-corrected chi connectivity index (χ2v) is 14.6. The maximum absolute atomic E-state index is 6.23. The van der Waals surface area contributed by atoms with Crippen molar-refractivity contribution in [2.24, 2.45) is 0 Å². The molecule has 8 aromatic carbocycles. The van der Waals surface area contributed by atoms with Crippen LogP contribution in [-0.4, -0.2) is 0 Å². The Bertz CT molecular complexity index is 3050. The SMILES string of the molecule is CC1(C)c2ccccc2-c2ccc(N(c3ccc(-c4ccc5cc6c(cc5c4)oc4ccccc46)cc3)c3ccc4oc5ccccc5c4c3)cc21. The summed E-state index contributed by atoms with van der Waals surface area (Å²) in [6, 6.07) is 59.0. The van der Waals surface area contributed by atoms with E-state index >= 15 is 0 Å². The van der Waals surface area contributed by atoms with Gasteiger partial charge in [-0.2, -0.15) is 0 Å². The molecule has 1 aliphatic carbocycles. The molecule has 3 heteroatoms. The fraction of sp³-hybridized carbons (Fsp3) is 0.0612. The molecule has 246 valence electrons. The molecule has 0 aliphatic heterocycles. The molecule has 52 heavy (non-hydrogen) atoms. The quantitative estimate of drug-likeness (QED) is 0.187. The average Bonchev–Trinajstić information content (AvgIpc) is 3.81. The van der Waals surface area contributed by atoms with Crippen molar-refractivity contribution in [2.75, 3.05) is 4.90 Å². The first-order valence-corrected chi connectivity index (χ1v) is 17.9. The van der Waals surface area contributed by atoms with Gasteiger partial charge in [0, 0.05) is 44.0 Å². The first kappa shape index (κ1) is 29.2. The molecule has 10 aromatic rings. The van der Waals surface area contributed by atoms with E-state index in [4.69, 9.17) is 8.83 Å². The van der Waals surface area contributed by atoms with Crippen molar-refractivity contribution in [3.05, 3.63) is 175 Å². The lowest BCUT2D eigenvalue weighted by Crippen LogP contribution is -2.16. The van der Waals surface area contributed by atoms with Gasteiger partial charge in [0.25, 0.3) is 0 Å². The number of hydrogen-bond donors (Lipinski definition) is 0. The topological polar surface area (TPSA) is 29.5 Å². The number of para-hydroxylation sites is 2. The minimum atomic E-state index is -0.105. The Balaban J connectivity index is 1.04. The lowest BCUT2D eigenvalue weighted by molar-refractivity contribution is 0.660. The number of benzene rings is 8. The van der Waals surface area contributed by atoms with Crippen LogP contribution in [0.2, 0.25) is 0 Å². The van der Waals surface area contributed by atoms with Crippen LogP contribution in [-0.2, 0) is 5.41 Å². The molecule has 0 atom stereocenters. The van der Waals surface area contributed by atoms with E-state index in [1.54, 1.807) is 0 Å². The standard InChI is InChI=1S/C49H33NO2/c1-49(2)43-12-6-3-9-37(43)38-23-21-36(29-44(38)49)50(35-22-24-47-42(28-35)40-11-5-7-13-45(40)51-47)34-19-17-30(18-20-34)31-15-16-32-26-41-39-10-4-8-14-46(39)52-48(41)27-33(32)25-31/h3-29H,1-2H3. The van der Waals surface area contributed by atoms with E-state index in [9.17, 15) is 0 Å². The van der Waals surface area contributed by atoms with Crippen molar-refractivity contribution in [1.29, 1.82) is 0 Å². The third-order valence-corrected chi connectivity index (χ3v) is 11.2. The summed E-state index contributed by atoms with van der Waals surface area (Å²) in [7, 11) is 0. The van der Waals surface area contributed by atoms with Gasteiger partial charge in [-0.15, -0.1) is 0 Å². The summed E-state index contributed by atoms with van der Waals surface area (Å²) in [5, 5.41) is 6.90. The van der Waals surface area contributed by atoms with Gasteiger partial charge in [-0.25, -0.2) is 0 Å². The summed E-state index contributed by atoms with van der Waals surface area (Å²) in [5.74, 6) is 0. The molecule has 2 aromatic heterocycles. The Labute approximate surface area is 301 Å². The van der Waals surface area contributed by atoms with Crippen molar-refractivity contribution in [3.8, 4) is 22.3 Å². The zero-order valence-electron chi connectivity index (χ0n) is 28.9. The van der Waals surface area contributed by atoms with E-state index in [0.29, 0.717) is 0 Å². The van der Waals surface area contributed by atoms with Crippen molar-refractivity contribution in [1.82, 2.24) is 0 Å². The summed E-state index contributed by atoms with van der Waals surface area (Å²) >= 11 is 0. The first-order chi connectivity index (χ1) is 25.5. The average molecular weight is 668 g/mol. The summed E-state index contributed by atoms with van der Waals surface area (Å²) in [4.78, 5) is 2.38. The van der Waals surface area contributed by atoms with E-state index in [1.807, 2.05) is 24.3 Å². The third kappa shape index (κ3) is 4.26. The Morgan fingerprint density at radius 3 is 1.79 bits per heavy atom. The fourth-order valence-corrected chi connectivity index (χ4v) is 8.58. The normalized spacial score (nSPS) is 13.3. The molecular weight excluding hydrogens is 635 g/mol. The van der Waals surface area contributed by atoms with E-state index in [2.05, 4.69) is 158 Å². The lowest BCUT2D eigenvalue weighted by Gasteiger charge is -2.28. The summed E-state index contributed by atoms with van der Waals surface area (Å²) in [6.07, 6.45) is 0. The predicted octanol–water partition coefficient (Wildman–Crippen LogP) is 14.1. The Morgan fingerprint density at radius 1 is 0.385 bits per heavy atom. The minimum absolute atomic E-state index is 0.105. The molecule has 11 rings (SSSR count). The van der Waals surface area contributed by atoms with Crippen LogP contribution in [0.15, 0.2) is 173 Å². The summed E-state index contributed by atoms with van der Waals surface area (Å²) in [6.45, 7) is 4.68. The molecule has 0 radical (unpaired) electrons. The Kier molecular flexibility index (Phi) is 6.01. The second kappa shape index (κ2) is 10.7. The van der Waals surface area contributed by atoms with Crippen LogP contribution < -0.4 is 4.90 Å². The van der Waals surface area contributed by atoms with Gasteiger partial charge in [0.05, 0.1) is 0 Å². The van der Waals surface area contributed by atoms with Gasteiger partial charge in [0.1, 0.15) is 22.3 Å². The number of fused-ring (bicyclic) bond motifs is 10. The molecule has 3 nitrogen and oxygen atoms in total. The Morgan fingerprint density at radius 2 is 0.981 bits per heavy atom. The Hall–Kier alpha value is -6.58. The number of anilines is 3. The molecule has 0 saturated heterocycles. The molecule has 0 unspecified atom stereocenters. The van der Waals surface area contributed by atoms with Crippen LogP contribution in [0.3, 0.4) is 0 Å². The largest absolute Gasteiger partial charge is 0.456 e. The van der Waals surface area contributed by atoms with E-state index in [0.717, 1.165) is 71.9 Å². The predicted molar refractivity (Wildman–Crippen MR) is 216 cm³/mol. The number of nitrogens with zero attached hydrogens (tertiary/aromatic N) is 1. The molecule has 0 fully saturated rings. The van der Waals surface area contributed by atoms with Crippen molar-refractivity contribution >= 4 is 71.7 Å². The zero-order chi connectivity index (χ0) is 34.6. The first-order valence-electron chi connectivity index (χ1n) is 17.9. The van der Waals surface area contributed by atoms with E-state index in [1.165, 1.54) is 33.2 Å². The van der Waals surface area contributed by atoms with Gasteiger partial charge < -0.3 is 13.7 Å². The minimum Gasteiger partial charge on any atom is -0.456 e. The molecule has 0 saturated carbocycles. The van der Waals surface area contributed by atoms with E-state index < -0.39 is 0 Å². The molecule has 0 bridgehead atoms. The van der Waals surface area contributed by atoms with Gasteiger partial charge in [-0.1, -0.05) is 105 Å². The van der Waals surface area contributed by atoms with Gasteiger partial charge in [-0.05, 0) is 117 Å². The second-order valence-electron chi connectivity index (χ2n) is 14.6. The molecule has 0 N–H and O–H groups in total. The van der Waals surface area contributed by atoms with Gasteiger partial charge in [0.2, 0.25) is 0 Å². The maximum Gasteiger partial charge on any atom is 0.136 e. The summed E-state index contributed by atoms with van der Waals surface area (Å²) in [5.41, 5.74) is 14.5. The monoisotopic (exact) mass is 667 g/mol. The number of rotatable bonds is 4. The highest BCUT2D eigenvalue weighted by molar-refractivity contribution is 6.10. The van der Waals surface area contributed by atoms with E-state index in [-0.39, 0.29) is 5.41 Å². The molecule has 1 aliphatic rings. The molecule has 0 spiro atoms. The third-order valence-electron chi connectivity index (χ3n) is 11.2. The smallest absolute Gasteiger partial charge is 0.136 e. The highest BCUT2D eigenvalue weighted by Crippen LogP contribution is 2.51. The molecular formula is C49H33NO2. The molecule has 0 amide bonds. The van der Waals surface area contributed by atoms with Crippen molar-refractivity contribution in [2.45, 2.75) is 19.3 Å². The van der Waals surface area contributed by atoms with Crippen LogP contribution in [0.1, 0.15) is 25.0 Å². The zero-order valence-corrected chi connectivity index (χ0v) is 28.9. The van der Waals surface area contributed by atoms with Crippen LogP contribution >= 0.6 is 0 Å². The highest BCUT2D eigenvalue weighted by atomic mass is 16.3. The number of furan rings is 2. The van der Waals surface area contributed by atoms with Crippen LogP contribution in [0.25, 0.3) is 76.9 Å². The van der Waals surface area contributed by atoms with Gasteiger partial charge >= 0.3 is 0 Å². The van der Waals surface area contributed by atoms with Crippen LogP contribution in [0.5, 0.6) is 0 Å². The van der Waals surface area contributed by atoms with Crippen molar-refractivity contribution in [3.63, 3.8) is 0 Å². The van der Waals surface area contributed by atoms with Crippen molar-refractivity contribution < 1.29 is 8.83 Å². The number of hydrogen-bond acceptors (Lipinski definition) is 3.